The molecule has 3 heterocycles. The first-order chi connectivity index (χ1) is 15.5. The molecular weight excluding hydrogens is 426 g/mol. The third kappa shape index (κ3) is 3.82. The number of allylic oxidation sites excluding steroid dienone is 1. The number of hydrogen-bond acceptors (Lipinski definition) is 7. The zero-order chi connectivity index (χ0) is 22.8. The lowest BCUT2D eigenvalue weighted by Gasteiger charge is -2.26. The van der Waals surface area contributed by atoms with E-state index in [0.29, 0.717) is 20.6 Å². The van der Waals surface area contributed by atoms with Crippen molar-refractivity contribution in [2.75, 3.05) is 25.1 Å². The van der Waals surface area contributed by atoms with Gasteiger partial charge < -0.3 is 14.1 Å². The first-order valence-electron chi connectivity index (χ1n) is 10.5. The fraction of sp³-hybridized carbons (Fsp3) is 0.292. The Kier molecular flexibility index (Phi) is 6.14. The van der Waals surface area contributed by atoms with E-state index in [4.69, 9.17) is 9.15 Å². The van der Waals surface area contributed by atoms with E-state index in [0.717, 1.165) is 29.9 Å². The first kappa shape index (κ1) is 21.8. The van der Waals surface area contributed by atoms with Crippen LogP contribution in [0.4, 0.5) is 5.69 Å². The summed E-state index contributed by atoms with van der Waals surface area (Å²) in [6.07, 6.45) is 4.90. The summed E-state index contributed by atoms with van der Waals surface area (Å²) in [5.74, 6) is -0.492. The van der Waals surface area contributed by atoms with Crippen LogP contribution in [0.15, 0.2) is 68.3 Å². The highest BCUT2D eigenvalue weighted by Crippen LogP contribution is 2.31. The highest BCUT2D eigenvalue weighted by atomic mass is 32.1. The standard InChI is InChI=1S/C24H25N3O4S/c1-5-26(6-2)18-9-7-17(8-10-18)21-20(23(29)30-4)15(3)25-24-27(21)22(28)19(32-24)13-16-11-12-31-14-16/h7-14,21H,5-6H2,1-4H3. The Balaban J connectivity index is 1.91. The molecule has 0 aliphatic carbocycles. The number of anilines is 1. The zero-order valence-electron chi connectivity index (χ0n) is 18.5. The van der Waals surface area contributed by atoms with Crippen LogP contribution in [0.2, 0.25) is 0 Å². The molecule has 1 atom stereocenters. The zero-order valence-corrected chi connectivity index (χ0v) is 19.3. The van der Waals surface area contributed by atoms with Crippen LogP contribution in [-0.4, -0.2) is 30.7 Å². The van der Waals surface area contributed by atoms with Gasteiger partial charge in [-0.1, -0.05) is 23.5 Å². The van der Waals surface area contributed by atoms with Gasteiger partial charge in [-0.3, -0.25) is 9.36 Å². The molecule has 0 bridgehead atoms. The molecule has 0 spiro atoms. The number of ether oxygens (including phenoxy) is 1. The van der Waals surface area contributed by atoms with Crippen molar-refractivity contribution in [3.63, 3.8) is 0 Å². The molecule has 3 aromatic rings. The Morgan fingerprint density at radius 2 is 1.97 bits per heavy atom. The van der Waals surface area contributed by atoms with Gasteiger partial charge in [-0.25, -0.2) is 9.79 Å². The molecule has 32 heavy (non-hydrogen) atoms. The molecule has 1 aliphatic heterocycles. The van der Waals surface area contributed by atoms with Crippen molar-refractivity contribution >= 4 is 29.1 Å². The summed E-state index contributed by atoms with van der Waals surface area (Å²) in [4.78, 5) is 33.5. The predicted molar refractivity (Wildman–Crippen MR) is 124 cm³/mol. The number of fused-ring (bicyclic) bond motifs is 1. The van der Waals surface area contributed by atoms with Crippen LogP contribution in [0, 0.1) is 0 Å². The highest BCUT2D eigenvalue weighted by Gasteiger charge is 2.33. The summed E-state index contributed by atoms with van der Waals surface area (Å²) < 4.78 is 12.3. The summed E-state index contributed by atoms with van der Waals surface area (Å²) in [5, 5.41) is 0. The van der Waals surface area contributed by atoms with E-state index >= 15 is 0 Å². The maximum absolute atomic E-state index is 13.4. The van der Waals surface area contributed by atoms with E-state index in [-0.39, 0.29) is 5.56 Å². The third-order valence-corrected chi connectivity index (χ3v) is 6.59. The Labute approximate surface area is 189 Å². The van der Waals surface area contributed by atoms with Crippen molar-refractivity contribution in [1.82, 2.24) is 4.57 Å². The van der Waals surface area contributed by atoms with Gasteiger partial charge in [-0.2, -0.15) is 0 Å². The average Bonchev–Trinajstić information content (AvgIpc) is 3.42. The van der Waals surface area contributed by atoms with Crippen LogP contribution in [0.1, 0.15) is 37.9 Å². The number of esters is 1. The summed E-state index contributed by atoms with van der Waals surface area (Å²) in [7, 11) is 1.34. The summed E-state index contributed by atoms with van der Waals surface area (Å²) in [6, 6.07) is 9.14. The molecule has 0 N–H and O–H groups in total. The SMILES string of the molecule is CCN(CC)c1ccc(C2C(C(=O)OC)=C(C)N=c3sc(=Cc4ccoc4)c(=O)n32)cc1. The Morgan fingerprint density at radius 1 is 1.25 bits per heavy atom. The van der Waals surface area contributed by atoms with Gasteiger partial charge in [0.1, 0.15) is 0 Å². The Morgan fingerprint density at radius 3 is 2.56 bits per heavy atom. The van der Waals surface area contributed by atoms with Gasteiger partial charge in [-0.15, -0.1) is 0 Å². The minimum atomic E-state index is -0.615. The lowest BCUT2D eigenvalue weighted by molar-refractivity contribution is -0.136. The summed E-state index contributed by atoms with van der Waals surface area (Å²) >= 11 is 1.29. The first-order valence-corrected chi connectivity index (χ1v) is 11.3. The van der Waals surface area contributed by atoms with Crippen molar-refractivity contribution in [1.29, 1.82) is 0 Å². The second-order valence-electron chi connectivity index (χ2n) is 7.39. The number of carbonyl (C=O) groups excluding carboxylic acids is 1. The van der Waals surface area contributed by atoms with Crippen molar-refractivity contribution in [2.24, 2.45) is 4.99 Å². The maximum Gasteiger partial charge on any atom is 0.338 e. The number of furan rings is 1. The van der Waals surface area contributed by atoms with Gasteiger partial charge in [0.15, 0.2) is 4.80 Å². The number of hydrogen-bond donors (Lipinski definition) is 0. The van der Waals surface area contributed by atoms with Gasteiger partial charge in [0, 0.05) is 24.3 Å². The van der Waals surface area contributed by atoms with Crippen LogP contribution >= 0.6 is 11.3 Å². The largest absolute Gasteiger partial charge is 0.472 e. The fourth-order valence-corrected chi connectivity index (χ4v) is 5.02. The second-order valence-corrected chi connectivity index (χ2v) is 8.40. The molecular formula is C24H25N3O4S. The molecule has 2 aromatic heterocycles. The number of rotatable bonds is 6. The Hall–Kier alpha value is -3.39. The van der Waals surface area contributed by atoms with E-state index in [1.165, 1.54) is 18.4 Å². The quantitative estimate of drug-likeness (QED) is 0.539. The van der Waals surface area contributed by atoms with Crippen molar-refractivity contribution in [3.05, 3.63) is 84.9 Å². The Bertz CT molecular complexity index is 1330. The molecule has 0 fully saturated rings. The smallest absolute Gasteiger partial charge is 0.338 e. The lowest BCUT2D eigenvalue weighted by Crippen LogP contribution is -2.39. The molecule has 0 saturated carbocycles. The third-order valence-electron chi connectivity index (χ3n) is 5.61. The van der Waals surface area contributed by atoms with E-state index in [1.807, 2.05) is 24.3 Å². The van der Waals surface area contributed by atoms with E-state index in [9.17, 15) is 9.59 Å². The van der Waals surface area contributed by atoms with Gasteiger partial charge in [0.05, 0.1) is 41.5 Å². The molecule has 0 saturated heterocycles. The van der Waals surface area contributed by atoms with Gasteiger partial charge in [-0.05, 0) is 50.6 Å². The van der Waals surface area contributed by atoms with E-state index in [1.54, 1.807) is 36.2 Å². The van der Waals surface area contributed by atoms with Gasteiger partial charge >= 0.3 is 5.97 Å². The van der Waals surface area contributed by atoms with Crippen LogP contribution in [0.5, 0.6) is 0 Å². The molecule has 1 aliphatic rings. The molecule has 0 radical (unpaired) electrons. The van der Waals surface area contributed by atoms with Gasteiger partial charge in [0.2, 0.25) is 0 Å². The number of nitrogens with zero attached hydrogens (tertiary/aromatic N) is 3. The lowest BCUT2D eigenvalue weighted by atomic mass is 9.95. The average molecular weight is 452 g/mol. The van der Waals surface area contributed by atoms with Crippen LogP contribution in [0.3, 0.4) is 0 Å². The van der Waals surface area contributed by atoms with Crippen LogP contribution < -0.4 is 19.8 Å². The number of aromatic nitrogens is 1. The number of carbonyl (C=O) groups is 1. The van der Waals surface area contributed by atoms with Crippen molar-refractivity contribution < 1.29 is 13.9 Å². The summed E-state index contributed by atoms with van der Waals surface area (Å²) in [6.45, 7) is 7.78. The summed E-state index contributed by atoms with van der Waals surface area (Å²) in [5.41, 5.74) is 3.41. The van der Waals surface area contributed by atoms with E-state index in [2.05, 4.69) is 23.7 Å². The van der Waals surface area contributed by atoms with Crippen molar-refractivity contribution in [3.8, 4) is 0 Å². The minimum Gasteiger partial charge on any atom is -0.472 e. The number of methoxy groups -OCH3 is 1. The molecule has 1 unspecified atom stereocenters. The van der Waals surface area contributed by atoms with Crippen LogP contribution in [-0.2, 0) is 9.53 Å². The maximum atomic E-state index is 13.4. The molecule has 4 rings (SSSR count). The molecule has 7 nitrogen and oxygen atoms in total. The molecule has 1 aromatic carbocycles. The molecule has 166 valence electrons. The molecule has 0 amide bonds. The van der Waals surface area contributed by atoms with Crippen LogP contribution in [0.25, 0.3) is 6.08 Å². The van der Waals surface area contributed by atoms with E-state index < -0.39 is 12.0 Å². The fourth-order valence-electron chi connectivity index (χ4n) is 3.97. The topological polar surface area (TPSA) is 77.0 Å². The highest BCUT2D eigenvalue weighted by molar-refractivity contribution is 7.07. The number of benzene rings is 1. The number of thiazole rings is 1. The van der Waals surface area contributed by atoms with Gasteiger partial charge in [0.25, 0.3) is 5.56 Å². The minimum absolute atomic E-state index is 0.207. The predicted octanol–water partition coefficient (Wildman–Crippen LogP) is 2.85. The monoisotopic (exact) mass is 451 g/mol. The normalized spacial score (nSPS) is 16.0. The second kappa shape index (κ2) is 9.00. The molecule has 8 heteroatoms. The van der Waals surface area contributed by atoms with Crippen molar-refractivity contribution in [2.45, 2.75) is 26.8 Å².